The van der Waals surface area contributed by atoms with Crippen LogP contribution in [-0.4, -0.2) is 34.8 Å². The fourth-order valence-corrected chi connectivity index (χ4v) is 3.73. The molecule has 1 unspecified atom stereocenters. The van der Waals surface area contributed by atoms with Gasteiger partial charge in [0.2, 0.25) is 11.8 Å². The van der Waals surface area contributed by atoms with Gasteiger partial charge in [-0.3, -0.25) is 9.59 Å². The molecule has 2 N–H and O–H groups in total. The molecule has 0 spiro atoms. The van der Waals surface area contributed by atoms with Crippen molar-refractivity contribution in [2.45, 2.75) is 25.3 Å². The molecule has 1 atom stereocenters. The zero-order valence-electron chi connectivity index (χ0n) is 15.2. The number of likely N-dealkylation sites (tertiary alicyclic amines) is 1. The summed E-state index contributed by atoms with van der Waals surface area (Å²) in [5.41, 5.74) is 3.03. The Morgan fingerprint density at radius 1 is 1.11 bits per heavy atom. The molecule has 1 aliphatic heterocycles. The third-order valence-electron chi connectivity index (χ3n) is 5.14. The standard InChI is InChI=1S/C22H23N3O2/c26-21(13-17-14-23-19-10-5-4-9-18(17)19)24-20(16-7-2-1-3-8-16)15-25-12-6-11-22(25)27/h1-5,7-10,14,20,23H,6,11-13,15H2,(H,24,26). The van der Waals surface area contributed by atoms with Crippen molar-refractivity contribution >= 4 is 22.7 Å². The van der Waals surface area contributed by atoms with Gasteiger partial charge in [-0.25, -0.2) is 0 Å². The van der Waals surface area contributed by atoms with Crippen LogP contribution in [0.2, 0.25) is 0 Å². The average molecular weight is 361 g/mol. The monoisotopic (exact) mass is 361 g/mol. The van der Waals surface area contributed by atoms with Crippen LogP contribution in [0.15, 0.2) is 60.8 Å². The molecule has 138 valence electrons. The fraction of sp³-hybridized carbons (Fsp3) is 0.273. The molecule has 0 bridgehead atoms. The number of aromatic amines is 1. The Balaban J connectivity index is 1.50. The lowest BCUT2D eigenvalue weighted by Gasteiger charge is -2.25. The van der Waals surface area contributed by atoms with Gasteiger partial charge in [0.05, 0.1) is 12.5 Å². The number of fused-ring (bicyclic) bond motifs is 1. The molecular formula is C22H23N3O2. The molecule has 1 aliphatic rings. The van der Waals surface area contributed by atoms with Gasteiger partial charge in [-0.1, -0.05) is 48.5 Å². The number of hydrogen-bond acceptors (Lipinski definition) is 2. The Bertz CT molecular complexity index is 948. The van der Waals surface area contributed by atoms with E-state index in [1.165, 1.54) is 0 Å². The molecular weight excluding hydrogens is 338 g/mol. The molecule has 5 nitrogen and oxygen atoms in total. The van der Waals surface area contributed by atoms with E-state index in [-0.39, 0.29) is 17.9 Å². The number of aromatic nitrogens is 1. The summed E-state index contributed by atoms with van der Waals surface area (Å²) in [5, 5.41) is 4.21. The second kappa shape index (κ2) is 7.66. The van der Waals surface area contributed by atoms with Crippen LogP contribution in [0.5, 0.6) is 0 Å². The van der Waals surface area contributed by atoms with Gasteiger partial charge < -0.3 is 15.2 Å². The van der Waals surface area contributed by atoms with Crippen LogP contribution >= 0.6 is 0 Å². The molecule has 3 aromatic rings. The molecule has 0 aliphatic carbocycles. The van der Waals surface area contributed by atoms with Gasteiger partial charge in [-0.2, -0.15) is 0 Å². The third kappa shape index (κ3) is 3.87. The number of amides is 2. The van der Waals surface area contributed by atoms with Crippen molar-refractivity contribution in [2.75, 3.05) is 13.1 Å². The lowest BCUT2D eigenvalue weighted by Crippen LogP contribution is -2.39. The largest absolute Gasteiger partial charge is 0.361 e. The highest BCUT2D eigenvalue weighted by Gasteiger charge is 2.25. The van der Waals surface area contributed by atoms with Crippen molar-refractivity contribution < 1.29 is 9.59 Å². The number of H-pyrrole nitrogens is 1. The zero-order chi connectivity index (χ0) is 18.6. The highest BCUT2D eigenvalue weighted by Crippen LogP contribution is 2.21. The van der Waals surface area contributed by atoms with Crippen LogP contribution in [0.25, 0.3) is 10.9 Å². The number of benzene rings is 2. The number of carbonyl (C=O) groups is 2. The van der Waals surface area contributed by atoms with E-state index >= 15 is 0 Å². The summed E-state index contributed by atoms with van der Waals surface area (Å²) in [4.78, 5) is 29.9. The first-order valence-corrected chi connectivity index (χ1v) is 9.38. The number of nitrogens with zero attached hydrogens (tertiary/aromatic N) is 1. The first-order valence-electron chi connectivity index (χ1n) is 9.38. The number of hydrogen-bond donors (Lipinski definition) is 2. The van der Waals surface area contributed by atoms with Gasteiger partial charge >= 0.3 is 0 Å². The third-order valence-corrected chi connectivity index (χ3v) is 5.14. The topological polar surface area (TPSA) is 65.2 Å². The summed E-state index contributed by atoms with van der Waals surface area (Å²) >= 11 is 0. The SMILES string of the molecule is O=C(Cc1c[nH]c2ccccc12)NC(CN1CCCC1=O)c1ccccc1. The molecule has 2 amide bonds. The van der Waals surface area contributed by atoms with Crippen LogP contribution in [0, 0.1) is 0 Å². The zero-order valence-corrected chi connectivity index (χ0v) is 15.2. The molecule has 1 saturated heterocycles. The lowest BCUT2D eigenvalue weighted by molar-refractivity contribution is -0.129. The number of nitrogens with one attached hydrogen (secondary N) is 2. The minimum atomic E-state index is -0.203. The molecule has 4 rings (SSSR count). The first kappa shape index (κ1) is 17.3. The Hall–Kier alpha value is -3.08. The van der Waals surface area contributed by atoms with Crippen molar-refractivity contribution in [3.63, 3.8) is 0 Å². The number of carbonyl (C=O) groups excluding carboxylic acids is 2. The maximum Gasteiger partial charge on any atom is 0.225 e. The molecule has 5 heteroatoms. The lowest BCUT2D eigenvalue weighted by atomic mass is 10.1. The normalized spacial score (nSPS) is 15.3. The van der Waals surface area contributed by atoms with E-state index in [1.54, 1.807) is 0 Å². The summed E-state index contributed by atoms with van der Waals surface area (Å²) in [5.74, 6) is 0.127. The van der Waals surface area contributed by atoms with Gasteiger partial charge in [0, 0.05) is 36.6 Å². The summed E-state index contributed by atoms with van der Waals surface area (Å²) in [6.07, 6.45) is 3.70. The molecule has 2 heterocycles. The predicted molar refractivity (Wildman–Crippen MR) is 105 cm³/mol. The molecule has 0 radical (unpaired) electrons. The molecule has 1 aromatic heterocycles. The minimum Gasteiger partial charge on any atom is -0.361 e. The van der Waals surface area contributed by atoms with Crippen LogP contribution in [0.3, 0.4) is 0 Å². The maximum atomic E-state index is 12.8. The van der Waals surface area contributed by atoms with Gasteiger partial charge in [0.25, 0.3) is 0 Å². The molecule has 2 aromatic carbocycles. The summed E-state index contributed by atoms with van der Waals surface area (Å²) < 4.78 is 0. The van der Waals surface area contributed by atoms with Crippen molar-refractivity contribution in [3.05, 3.63) is 71.9 Å². The quantitative estimate of drug-likeness (QED) is 0.708. The average Bonchev–Trinajstić information content (AvgIpc) is 3.28. The van der Waals surface area contributed by atoms with Crippen LogP contribution in [0.1, 0.15) is 30.0 Å². The van der Waals surface area contributed by atoms with Crippen molar-refractivity contribution in [1.82, 2.24) is 15.2 Å². The van der Waals surface area contributed by atoms with Gasteiger partial charge in [0.1, 0.15) is 0 Å². The Morgan fingerprint density at radius 2 is 1.89 bits per heavy atom. The second-order valence-electron chi connectivity index (χ2n) is 7.01. The molecule has 1 fully saturated rings. The van der Waals surface area contributed by atoms with E-state index in [0.29, 0.717) is 19.4 Å². The predicted octanol–water partition coefficient (Wildman–Crippen LogP) is 3.19. The van der Waals surface area contributed by atoms with E-state index in [4.69, 9.17) is 0 Å². The summed E-state index contributed by atoms with van der Waals surface area (Å²) in [6, 6.07) is 17.6. The van der Waals surface area contributed by atoms with Gasteiger partial charge in [-0.05, 0) is 23.6 Å². The number of para-hydroxylation sites is 1. The Kier molecular flexibility index (Phi) is 4.92. The Morgan fingerprint density at radius 3 is 2.67 bits per heavy atom. The van der Waals surface area contributed by atoms with E-state index in [2.05, 4.69) is 10.3 Å². The maximum absolute atomic E-state index is 12.8. The summed E-state index contributed by atoms with van der Waals surface area (Å²) in [6.45, 7) is 1.28. The summed E-state index contributed by atoms with van der Waals surface area (Å²) in [7, 11) is 0. The van der Waals surface area contributed by atoms with Gasteiger partial charge in [0.15, 0.2) is 0 Å². The fourth-order valence-electron chi connectivity index (χ4n) is 3.73. The molecule has 0 saturated carbocycles. The van der Waals surface area contributed by atoms with Crippen LogP contribution in [0.4, 0.5) is 0 Å². The highest BCUT2D eigenvalue weighted by molar-refractivity contribution is 5.89. The highest BCUT2D eigenvalue weighted by atomic mass is 16.2. The van der Waals surface area contributed by atoms with Crippen molar-refractivity contribution in [2.24, 2.45) is 0 Å². The molecule has 27 heavy (non-hydrogen) atoms. The van der Waals surface area contributed by atoms with Crippen LogP contribution < -0.4 is 5.32 Å². The van der Waals surface area contributed by atoms with Crippen LogP contribution in [-0.2, 0) is 16.0 Å². The van der Waals surface area contributed by atoms with Gasteiger partial charge in [-0.15, -0.1) is 0 Å². The first-order chi connectivity index (χ1) is 13.2. The van der Waals surface area contributed by atoms with Crippen molar-refractivity contribution in [3.8, 4) is 0 Å². The second-order valence-corrected chi connectivity index (χ2v) is 7.01. The van der Waals surface area contributed by atoms with Crippen molar-refractivity contribution in [1.29, 1.82) is 0 Å². The van der Waals surface area contributed by atoms with E-state index < -0.39 is 0 Å². The Labute approximate surface area is 158 Å². The number of rotatable bonds is 6. The van der Waals surface area contributed by atoms with E-state index in [0.717, 1.165) is 35.0 Å². The van der Waals surface area contributed by atoms with E-state index in [9.17, 15) is 9.59 Å². The minimum absolute atomic E-state index is 0.0414. The smallest absolute Gasteiger partial charge is 0.225 e. The van der Waals surface area contributed by atoms with E-state index in [1.807, 2.05) is 65.7 Å².